The van der Waals surface area contributed by atoms with Crippen molar-refractivity contribution in [1.29, 1.82) is 0 Å². The van der Waals surface area contributed by atoms with Gasteiger partial charge in [0.15, 0.2) is 5.96 Å². The lowest BCUT2D eigenvalue weighted by Gasteiger charge is -2.27. The van der Waals surface area contributed by atoms with E-state index in [0.29, 0.717) is 12.6 Å². The first-order chi connectivity index (χ1) is 12.7. The van der Waals surface area contributed by atoms with Gasteiger partial charge >= 0.3 is 0 Å². The van der Waals surface area contributed by atoms with E-state index < -0.39 is 0 Å². The summed E-state index contributed by atoms with van der Waals surface area (Å²) < 4.78 is 2.05. The third kappa shape index (κ3) is 3.57. The number of aliphatic imine (C=N–C) groups is 1. The number of rotatable bonds is 3. The quantitative estimate of drug-likeness (QED) is 0.566. The maximum atomic E-state index is 4.67. The summed E-state index contributed by atoms with van der Waals surface area (Å²) in [6, 6.07) is 13.3. The van der Waals surface area contributed by atoms with Crippen molar-refractivity contribution in [3.8, 4) is 0 Å². The van der Waals surface area contributed by atoms with Crippen LogP contribution in [0.2, 0.25) is 0 Å². The van der Waals surface area contributed by atoms with Gasteiger partial charge in [-0.25, -0.2) is 4.98 Å². The highest BCUT2D eigenvalue weighted by atomic mass is 15.2. The maximum Gasteiger partial charge on any atom is 0.191 e. The summed E-state index contributed by atoms with van der Waals surface area (Å²) in [5, 5.41) is 6.96. The summed E-state index contributed by atoms with van der Waals surface area (Å²) >= 11 is 0. The normalized spacial score (nSPS) is 17.2. The molecule has 0 saturated heterocycles. The van der Waals surface area contributed by atoms with Crippen LogP contribution in [0, 0.1) is 6.92 Å². The fourth-order valence-corrected chi connectivity index (χ4v) is 3.60. The number of guanidine groups is 1. The zero-order valence-corrected chi connectivity index (χ0v) is 15.4. The Morgan fingerprint density at radius 2 is 2.12 bits per heavy atom. The smallest absolute Gasteiger partial charge is 0.191 e. The van der Waals surface area contributed by atoms with Crippen molar-refractivity contribution in [2.75, 3.05) is 7.05 Å². The second kappa shape index (κ2) is 7.20. The molecule has 4 rings (SSSR count). The molecule has 5 heteroatoms. The molecule has 0 aliphatic heterocycles. The first-order valence-electron chi connectivity index (χ1n) is 9.19. The van der Waals surface area contributed by atoms with Crippen LogP contribution in [0.1, 0.15) is 28.8 Å². The number of aromatic nitrogens is 2. The van der Waals surface area contributed by atoms with Crippen molar-refractivity contribution >= 4 is 11.6 Å². The fraction of sp³-hybridized carbons (Fsp3) is 0.333. The van der Waals surface area contributed by atoms with Crippen LogP contribution in [-0.4, -0.2) is 28.4 Å². The van der Waals surface area contributed by atoms with Crippen molar-refractivity contribution in [2.24, 2.45) is 4.99 Å². The van der Waals surface area contributed by atoms with Gasteiger partial charge in [-0.15, -0.1) is 0 Å². The molecule has 1 unspecified atom stereocenters. The highest BCUT2D eigenvalue weighted by Gasteiger charge is 2.19. The summed E-state index contributed by atoms with van der Waals surface area (Å²) in [4.78, 5) is 9.06. The Morgan fingerprint density at radius 1 is 1.27 bits per heavy atom. The second-order valence-corrected chi connectivity index (χ2v) is 6.98. The van der Waals surface area contributed by atoms with Crippen LogP contribution in [-0.2, 0) is 19.4 Å². The van der Waals surface area contributed by atoms with Crippen molar-refractivity contribution in [3.05, 3.63) is 71.2 Å². The average Bonchev–Trinajstić information content (AvgIpc) is 3.07. The summed E-state index contributed by atoms with van der Waals surface area (Å²) in [6.07, 6.45) is 7.41. The van der Waals surface area contributed by atoms with Crippen molar-refractivity contribution in [3.63, 3.8) is 0 Å². The predicted octanol–water partition coefficient (Wildman–Crippen LogP) is 2.87. The average molecular weight is 347 g/mol. The molecule has 1 aliphatic rings. The number of fused-ring (bicyclic) bond motifs is 2. The lowest BCUT2D eigenvalue weighted by molar-refractivity contribution is 0.520. The molecule has 0 bridgehead atoms. The van der Waals surface area contributed by atoms with E-state index in [1.165, 1.54) is 16.7 Å². The van der Waals surface area contributed by atoms with Crippen molar-refractivity contribution < 1.29 is 0 Å². The Hall–Kier alpha value is -2.82. The van der Waals surface area contributed by atoms with Crippen molar-refractivity contribution in [2.45, 2.75) is 38.8 Å². The topological polar surface area (TPSA) is 53.7 Å². The molecule has 0 radical (unpaired) electrons. The molecule has 1 atom stereocenters. The van der Waals surface area contributed by atoms with Gasteiger partial charge in [0, 0.05) is 25.5 Å². The molecule has 1 aromatic carbocycles. The number of nitrogens with one attached hydrogen (secondary N) is 2. The molecule has 0 saturated carbocycles. The lowest BCUT2D eigenvalue weighted by atomic mass is 9.88. The third-order valence-electron chi connectivity index (χ3n) is 5.01. The Bertz CT molecular complexity index is 940. The number of pyridine rings is 1. The van der Waals surface area contributed by atoms with Crippen LogP contribution in [0.15, 0.2) is 53.8 Å². The zero-order valence-electron chi connectivity index (χ0n) is 15.4. The number of nitrogens with zero attached hydrogens (tertiary/aromatic N) is 3. The molecule has 0 fully saturated rings. The number of benzene rings is 1. The molecule has 1 aliphatic carbocycles. The summed E-state index contributed by atoms with van der Waals surface area (Å²) in [7, 11) is 1.82. The zero-order chi connectivity index (χ0) is 17.9. The highest BCUT2D eigenvalue weighted by molar-refractivity contribution is 5.80. The van der Waals surface area contributed by atoms with E-state index in [0.717, 1.165) is 36.6 Å². The first-order valence-corrected chi connectivity index (χ1v) is 9.19. The summed E-state index contributed by atoms with van der Waals surface area (Å²) in [6.45, 7) is 2.74. The van der Waals surface area contributed by atoms with Gasteiger partial charge in [0.25, 0.3) is 0 Å². The molecule has 2 N–H and O–H groups in total. The molecule has 0 spiro atoms. The van der Waals surface area contributed by atoms with Gasteiger partial charge < -0.3 is 15.0 Å². The Labute approximate surface area is 154 Å². The van der Waals surface area contributed by atoms with Gasteiger partial charge in [-0.05, 0) is 55.0 Å². The van der Waals surface area contributed by atoms with E-state index in [2.05, 4.69) is 74.5 Å². The Balaban J connectivity index is 1.37. The monoisotopic (exact) mass is 347 g/mol. The van der Waals surface area contributed by atoms with E-state index in [9.17, 15) is 0 Å². The van der Waals surface area contributed by atoms with E-state index in [1.54, 1.807) is 0 Å². The minimum atomic E-state index is 0.416. The number of hydrogen-bond acceptors (Lipinski definition) is 2. The largest absolute Gasteiger partial charge is 0.353 e. The van der Waals surface area contributed by atoms with Crippen LogP contribution in [0.25, 0.3) is 5.65 Å². The second-order valence-electron chi connectivity index (χ2n) is 6.98. The molecule has 0 amide bonds. The molecular weight excluding hydrogens is 322 g/mol. The molecule has 134 valence electrons. The lowest BCUT2D eigenvalue weighted by Crippen LogP contribution is -2.45. The van der Waals surface area contributed by atoms with E-state index in [-0.39, 0.29) is 0 Å². The van der Waals surface area contributed by atoms with Crippen molar-refractivity contribution in [1.82, 2.24) is 20.0 Å². The molecule has 2 aromatic heterocycles. The molecule has 26 heavy (non-hydrogen) atoms. The van der Waals surface area contributed by atoms with Crippen LogP contribution >= 0.6 is 0 Å². The highest BCUT2D eigenvalue weighted by Crippen LogP contribution is 2.20. The predicted molar refractivity (Wildman–Crippen MR) is 106 cm³/mol. The number of hydrogen-bond donors (Lipinski definition) is 2. The summed E-state index contributed by atoms with van der Waals surface area (Å²) in [5.74, 6) is 0.836. The number of imidazole rings is 1. The molecule has 3 aromatic rings. The number of aryl methyl sites for hydroxylation is 2. The minimum absolute atomic E-state index is 0.416. The van der Waals surface area contributed by atoms with Gasteiger partial charge in [-0.2, -0.15) is 0 Å². The Morgan fingerprint density at radius 3 is 2.96 bits per heavy atom. The Kier molecular flexibility index (Phi) is 4.61. The SMILES string of the molecule is CN=C(NCc1cn2ccc(C)cc2n1)NC1CCc2ccccc2C1. The van der Waals surface area contributed by atoms with E-state index >= 15 is 0 Å². The van der Waals surface area contributed by atoms with Gasteiger partial charge in [0.2, 0.25) is 0 Å². The van der Waals surface area contributed by atoms with Crippen LogP contribution in [0.4, 0.5) is 0 Å². The van der Waals surface area contributed by atoms with Gasteiger partial charge in [-0.1, -0.05) is 24.3 Å². The summed E-state index contributed by atoms with van der Waals surface area (Å²) in [5.41, 5.74) is 6.13. The molecule has 5 nitrogen and oxygen atoms in total. The molecular formula is C21H25N5. The fourth-order valence-electron chi connectivity index (χ4n) is 3.60. The minimum Gasteiger partial charge on any atom is -0.353 e. The first kappa shape index (κ1) is 16.6. The van der Waals surface area contributed by atoms with Crippen LogP contribution in [0.5, 0.6) is 0 Å². The van der Waals surface area contributed by atoms with Gasteiger partial charge in [-0.3, -0.25) is 4.99 Å². The van der Waals surface area contributed by atoms with E-state index in [4.69, 9.17) is 0 Å². The van der Waals surface area contributed by atoms with Gasteiger partial charge in [0.1, 0.15) is 5.65 Å². The molecule has 2 heterocycles. The van der Waals surface area contributed by atoms with Crippen LogP contribution in [0.3, 0.4) is 0 Å². The van der Waals surface area contributed by atoms with E-state index in [1.807, 2.05) is 13.2 Å². The van der Waals surface area contributed by atoms with Crippen LogP contribution < -0.4 is 10.6 Å². The third-order valence-corrected chi connectivity index (χ3v) is 5.01. The van der Waals surface area contributed by atoms with Gasteiger partial charge in [0.05, 0.1) is 12.2 Å². The maximum absolute atomic E-state index is 4.67. The standard InChI is InChI=1S/C21H25N5/c1-15-9-10-26-14-19(24-20(26)11-15)13-23-21(22-2)25-18-8-7-16-5-3-4-6-17(16)12-18/h3-6,9-11,14,18H,7-8,12-13H2,1-2H3,(H2,22,23,25).